The van der Waals surface area contributed by atoms with E-state index in [0.29, 0.717) is 0 Å². The second kappa shape index (κ2) is 8.43. The normalized spacial score (nSPS) is 20.2. The Morgan fingerprint density at radius 2 is 2.04 bits per heavy atom. The molecule has 2 rings (SSSR count). The number of carbonyl (C=O) groups excluding carboxylic acids is 3. The minimum atomic E-state index is -4.60. The summed E-state index contributed by atoms with van der Waals surface area (Å²) in [6.45, 7) is 1.82. The summed E-state index contributed by atoms with van der Waals surface area (Å²) in [5.74, 6) is -1.58. The Hall–Kier alpha value is -2.23. The van der Waals surface area contributed by atoms with Crippen molar-refractivity contribution in [1.82, 2.24) is 5.32 Å². The molecule has 6 nitrogen and oxygen atoms in total. The zero-order chi connectivity index (χ0) is 19.3. The molecule has 1 aromatic carbocycles. The molecule has 1 aliphatic rings. The lowest BCUT2D eigenvalue weighted by Gasteiger charge is -2.27. The van der Waals surface area contributed by atoms with Crippen molar-refractivity contribution in [2.75, 3.05) is 17.7 Å². The fourth-order valence-corrected chi connectivity index (χ4v) is 3.46. The molecule has 1 aromatic rings. The van der Waals surface area contributed by atoms with Gasteiger partial charge in [0.25, 0.3) is 0 Å². The van der Waals surface area contributed by atoms with Gasteiger partial charge in [0.1, 0.15) is 6.04 Å². The number of hydrogen-bond acceptors (Lipinski definition) is 5. The molecule has 1 saturated heterocycles. The Kier molecular flexibility index (Phi) is 6.52. The minimum Gasteiger partial charge on any atom is -0.464 e. The van der Waals surface area contributed by atoms with Gasteiger partial charge in [-0.2, -0.15) is 13.2 Å². The number of carbonyl (C=O) groups is 3. The van der Waals surface area contributed by atoms with E-state index in [4.69, 9.17) is 4.74 Å². The molecule has 0 aliphatic carbocycles. The molecule has 0 saturated carbocycles. The van der Waals surface area contributed by atoms with Crippen molar-refractivity contribution >= 4 is 35.2 Å². The van der Waals surface area contributed by atoms with Crippen molar-refractivity contribution in [3.05, 3.63) is 29.8 Å². The first-order valence-electron chi connectivity index (χ1n) is 7.77. The maximum Gasteiger partial charge on any atom is 0.418 e. The lowest BCUT2D eigenvalue weighted by Crippen LogP contribution is -2.51. The molecule has 26 heavy (non-hydrogen) atoms. The zero-order valence-electron chi connectivity index (χ0n) is 13.8. The molecule has 0 spiro atoms. The van der Waals surface area contributed by atoms with Gasteiger partial charge >= 0.3 is 12.1 Å². The smallest absolute Gasteiger partial charge is 0.418 e. The number of para-hydroxylation sites is 1. The van der Waals surface area contributed by atoms with Crippen LogP contribution in [0, 0.1) is 0 Å². The van der Waals surface area contributed by atoms with E-state index in [1.165, 1.54) is 12.1 Å². The van der Waals surface area contributed by atoms with Crippen LogP contribution >= 0.6 is 11.8 Å². The lowest BCUT2D eigenvalue weighted by molar-refractivity contribution is -0.146. The average molecular weight is 390 g/mol. The van der Waals surface area contributed by atoms with Crippen LogP contribution in [0.15, 0.2) is 24.3 Å². The number of hydrogen-bond donors (Lipinski definition) is 2. The number of ether oxygens (including phenoxy) is 1. The molecule has 1 aliphatic heterocycles. The number of rotatable bonds is 5. The van der Waals surface area contributed by atoms with Crippen LogP contribution in [-0.4, -0.2) is 41.4 Å². The first-order valence-corrected chi connectivity index (χ1v) is 8.82. The maximum atomic E-state index is 12.9. The Balaban J connectivity index is 1.96. The number of amides is 2. The van der Waals surface area contributed by atoms with Crippen molar-refractivity contribution in [1.29, 1.82) is 0 Å². The molecule has 2 N–H and O–H groups in total. The number of alkyl halides is 3. The summed E-state index contributed by atoms with van der Waals surface area (Å²) < 4.78 is 43.6. The number of halogens is 3. The van der Waals surface area contributed by atoms with Gasteiger partial charge in [-0.3, -0.25) is 9.59 Å². The Labute approximate surface area is 151 Å². The summed E-state index contributed by atoms with van der Waals surface area (Å²) in [5.41, 5.74) is -1.33. The third kappa shape index (κ3) is 5.13. The molecule has 1 heterocycles. The number of anilines is 1. The summed E-state index contributed by atoms with van der Waals surface area (Å²) in [6.07, 6.45) is -4.91. The van der Waals surface area contributed by atoms with Crippen molar-refractivity contribution < 1.29 is 32.3 Å². The number of nitrogens with one attached hydrogen (secondary N) is 2. The maximum absolute atomic E-state index is 12.9. The van der Waals surface area contributed by atoms with Crippen LogP contribution in [0.1, 0.15) is 18.9 Å². The minimum absolute atomic E-state index is 0.181. The van der Waals surface area contributed by atoms with Gasteiger partial charge < -0.3 is 15.4 Å². The third-order valence-electron chi connectivity index (χ3n) is 3.52. The van der Waals surface area contributed by atoms with Gasteiger partial charge in [0, 0.05) is 12.2 Å². The first kappa shape index (κ1) is 20.1. The predicted molar refractivity (Wildman–Crippen MR) is 89.5 cm³/mol. The number of esters is 1. The van der Waals surface area contributed by atoms with Crippen LogP contribution < -0.4 is 10.6 Å². The quantitative estimate of drug-likeness (QED) is 0.753. The average Bonchev–Trinajstić information content (AvgIpc) is 2.56. The zero-order valence-corrected chi connectivity index (χ0v) is 14.6. The van der Waals surface area contributed by atoms with E-state index in [2.05, 4.69) is 10.6 Å². The molecule has 0 bridgehead atoms. The van der Waals surface area contributed by atoms with Crippen molar-refractivity contribution in [2.45, 2.75) is 30.8 Å². The predicted octanol–water partition coefficient (Wildman–Crippen LogP) is 2.20. The Morgan fingerprint density at radius 3 is 2.65 bits per heavy atom. The SMILES string of the molecule is CCOC(=O)[C@@H]1CS[C@H](CC(=O)Nc2ccccc2C(F)(F)F)C(=O)N1. The fraction of sp³-hybridized carbons (Fsp3) is 0.438. The lowest BCUT2D eigenvalue weighted by atomic mass is 10.1. The summed E-state index contributed by atoms with van der Waals surface area (Å²) in [6, 6.07) is 3.81. The molecule has 0 unspecified atom stereocenters. The molecule has 1 fully saturated rings. The summed E-state index contributed by atoms with van der Waals surface area (Å²) in [4.78, 5) is 35.7. The Bertz CT molecular complexity index is 696. The van der Waals surface area contributed by atoms with E-state index in [9.17, 15) is 27.6 Å². The molecule has 2 atom stereocenters. The van der Waals surface area contributed by atoms with E-state index in [0.717, 1.165) is 23.9 Å². The first-order chi connectivity index (χ1) is 12.2. The molecule has 0 aromatic heterocycles. The molecule has 2 amide bonds. The number of benzene rings is 1. The van der Waals surface area contributed by atoms with E-state index < -0.39 is 40.8 Å². The fourth-order valence-electron chi connectivity index (χ4n) is 2.32. The van der Waals surface area contributed by atoms with Crippen LogP contribution in [0.4, 0.5) is 18.9 Å². The van der Waals surface area contributed by atoms with Gasteiger partial charge in [0.05, 0.1) is 23.1 Å². The highest BCUT2D eigenvalue weighted by Gasteiger charge is 2.36. The highest BCUT2D eigenvalue weighted by molar-refractivity contribution is 8.00. The second-order valence-electron chi connectivity index (χ2n) is 5.43. The Morgan fingerprint density at radius 1 is 1.35 bits per heavy atom. The molecular weight excluding hydrogens is 373 g/mol. The van der Waals surface area contributed by atoms with E-state index in [1.54, 1.807) is 6.92 Å². The summed E-state index contributed by atoms with van der Waals surface area (Å²) >= 11 is 1.09. The van der Waals surface area contributed by atoms with Gasteiger partial charge in [0.2, 0.25) is 11.8 Å². The standard InChI is InChI=1S/C16H17F3N2O4S/c1-2-25-15(24)11-8-26-12(14(23)21-11)7-13(22)20-10-6-4-3-5-9(10)16(17,18)19/h3-6,11-12H,2,7-8H2,1H3,(H,20,22)(H,21,23)/t11-,12+/m0/s1. The topological polar surface area (TPSA) is 84.5 Å². The number of thioether (sulfide) groups is 1. The van der Waals surface area contributed by atoms with Crippen LogP contribution in [0.3, 0.4) is 0 Å². The molecule has 10 heteroatoms. The van der Waals surface area contributed by atoms with Crippen LogP contribution in [0.5, 0.6) is 0 Å². The van der Waals surface area contributed by atoms with Gasteiger partial charge in [-0.25, -0.2) is 4.79 Å². The summed E-state index contributed by atoms with van der Waals surface area (Å²) in [7, 11) is 0. The van der Waals surface area contributed by atoms with E-state index in [1.807, 2.05) is 0 Å². The largest absolute Gasteiger partial charge is 0.464 e. The molecular formula is C16H17F3N2O4S. The molecule has 142 valence electrons. The van der Waals surface area contributed by atoms with Crippen LogP contribution in [0.2, 0.25) is 0 Å². The van der Waals surface area contributed by atoms with Gasteiger partial charge in [0.15, 0.2) is 0 Å². The third-order valence-corrected chi connectivity index (χ3v) is 4.83. The highest BCUT2D eigenvalue weighted by Crippen LogP contribution is 2.34. The van der Waals surface area contributed by atoms with Gasteiger partial charge in [-0.15, -0.1) is 11.8 Å². The van der Waals surface area contributed by atoms with E-state index in [-0.39, 0.29) is 24.5 Å². The van der Waals surface area contributed by atoms with Gasteiger partial charge in [-0.1, -0.05) is 12.1 Å². The highest BCUT2D eigenvalue weighted by atomic mass is 32.2. The van der Waals surface area contributed by atoms with Gasteiger partial charge in [-0.05, 0) is 19.1 Å². The van der Waals surface area contributed by atoms with E-state index >= 15 is 0 Å². The van der Waals surface area contributed by atoms with Crippen molar-refractivity contribution in [2.24, 2.45) is 0 Å². The summed E-state index contributed by atoms with van der Waals surface area (Å²) in [5, 5.41) is 3.86. The van der Waals surface area contributed by atoms with Crippen molar-refractivity contribution in [3.8, 4) is 0 Å². The van der Waals surface area contributed by atoms with Crippen LogP contribution in [0.25, 0.3) is 0 Å². The van der Waals surface area contributed by atoms with Crippen LogP contribution in [-0.2, 0) is 25.3 Å². The monoisotopic (exact) mass is 390 g/mol. The second-order valence-corrected chi connectivity index (χ2v) is 6.67. The molecule has 0 radical (unpaired) electrons. The van der Waals surface area contributed by atoms with Crippen molar-refractivity contribution in [3.63, 3.8) is 0 Å².